The number of benzene rings is 1. The van der Waals surface area contributed by atoms with E-state index >= 15 is 0 Å². The zero-order valence-electron chi connectivity index (χ0n) is 12.1. The number of rotatable bonds is 3. The van der Waals surface area contributed by atoms with E-state index < -0.39 is 10.0 Å². The number of ether oxygens (including phenoxy) is 1. The second kappa shape index (κ2) is 5.36. The number of hydrogen-bond acceptors (Lipinski definition) is 5. The summed E-state index contributed by atoms with van der Waals surface area (Å²) in [6.45, 7) is 3.17. The van der Waals surface area contributed by atoms with Crippen molar-refractivity contribution in [2.45, 2.75) is 24.3 Å². The maximum absolute atomic E-state index is 12.9. The molecule has 0 aliphatic carbocycles. The van der Waals surface area contributed by atoms with Crippen LogP contribution in [0.2, 0.25) is 0 Å². The number of fused-ring (bicyclic) bond motifs is 1. The maximum Gasteiger partial charge on any atom is 0.245 e. The van der Waals surface area contributed by atoms with Crippen LogP contribution in [0, 0.1) is 0 Å². The summed E-state index contributed by atoms with van der Waals surface area (Å²) in [5.41, 5.74) is 0.999. The number of aryl methyl sites for hydroxylation is 1. The number of morpholine rings is 1. The molecule has 0 unspecified atom stereocenters. The highest BCUT2D eigenvalue weighted by Gasteiger charge is 2.32. The van der Waals surface area contributed by atoms with Gasteiger partial charge in [-0.05, 0) is 18.6 Å². The van der Waals surface area contributed by atoms with Gasteiger partial charge in [0.25, 0.3) is 0 Å². The molecule has 1 aromatic carbocycles. The van der Waals surface area contributed by atoms with E-state index in [0.717, 1.165) is 6.42 Å². The summed E-state index contributed by atoms with van der Waals surface area (Å²) < 4.78 is 32.8. The predicted octanol–water partition coefficient (Wildman–Crippen LogP) is 0.768. The molecule has 1 aromatic heterocycles. The van der Waals surface area contributed by atoms with Crippen molar-refractivity contribution < 1.29 is 13.2 Å². The molecule has 0 spiro atoms. The molecule has 114 valence electrons. The standard InChI is InChI=1S/C13H18N4O3S/c1-3-10-9-17(7-8-20-10)21(18,19)12-6-4-5-11-13(12)15-16(2)14-11/h4-6,10H,3,7-9H2,1-2H3/t10-/m1/s1. The molecule has 0 bridgehead atoms. The van der Waals surface area contributed by atoms with E-state index in [1.165, 1.54) is 9.10 Å². The summed E-state index contributed by atoms with van der Waals surface area (Å²) in [6.07, 6.45) is 0.746. The topological polar surface area (TPSA) is 77.3 Å². The largest absolute Gasteiger partial charge is 0.375 e. The third kappa shape index (κ3) is 2.54. The van der Waals surface area contributed by atoms with Crippen molar-refractivity contribution in [2.24, 2.45) is 7.05 Å². The molecule has 1 fully saturated rings. The summed E-state index contributed by atoms with van der Waals surface area (Å²) in [6, 6.07) is 5.04. The first-order valence-corrected chi connectivity index (χ1v) is 8.38. The molecule has 0 amide bonds. The van der Waals surface area contributed by atoms with Gasteiger partial charge in [-0.1, -0.05) is 13.0 Å². The van der Waals surface area contributed by atoms with Crippen LogP contribution in [-0.4, -0.2) is 53.5 Å². The lowest BCUT2D eigenvalue weighted by Crippen LogP contribution is -2.45. The van der Waals surface area contributed by atoms with Crippen molar-refractivity contribution in [3.8, 4) is 0 Å². The van der Waals surface area contributed by atoms with Crippen LogP contribution in [0.15, 0.2) is 23.1 Å². The summed E-state index contributed by atoms with van der Waals surface area (Å²) in [4.78, 5) is 1.60. The van der Waals surface area contributed by atoms with Crippen LogP contribution in [0.4, 0.5) is 0 Å². The van der Waals surface area contributed by atoms with Gasteiger partial charge in [-0.15, -0.1) is 0 Å². The molecule has 2 heterocycles. The second-order valence-corrected chi connectivity index (χ2v) is 6.98. The zero-order chi connectivity index (χ0) is 15.0. The van der Waals surface area contributed by atoms with Crippen LogP contribution in [0.1, 0.15) is 13.3 Å². The minimum Gasteiger partial charge on any atom is -0.375 e. The molecule has 3 rings (SSSR count). The van der Waals surface area contributed by atoms with Crippen molar-refractivity contribution in [2.75, 3.05) is 19.7 Å². The van der Waals surface area contributed by atoms with E-state index in [0.29, 0.717) is 30.7 Å². The number of nitrogens with zero attached hydrogens (tertiary/aromatic N) is 4. The molecule has 7 nitrogen and oxygen atoms in total. The quantitative estimate of drug-likeness (QED) is 0.837. The van der Waals surface area contributed by atoms with Gasteiger partial charge in [-0.2, -0.15) is 19.3 Å². The van der Waals surface area contributed by atoms with Gasteiger partial charge in [-0.3, -0.25) is 0 Å². The fourth-order valence-corrected chi connectivity index (χ4v) is 4.12. The summed E-state index contributed by atoms with van der Waals surface area (Å²) in [5.74, 6) is 0. The van der Waals surface area contributed by atoms with Gasteiger partial charge in [0.2, 0.25) is 10.0 Å². The Hall–Kier alpha value is -1.51. The lowest BCUT2D eigenvalue weighted by molar-refractivity contribution is -0.00276. The molecule has 1 aliphatic rings. The summed E-state index contributed by atoms with van der Waals surface area (Å²) >= 11 is 0. The summed E-state index contributed by atoms with van der Waals surface area (Å²) in [5, 5.41) is 8.34. The Morgan fingerprint density at radius 1 is 1.38 bits per heavy atom. The fraction of sp³-hybridized carbons (Fsp3) is 0.538. The Balaban J connectivity index is 2.04. The van der Waals surface area contributed by atoms with Crippen LogP contribution >= 0.6 is 0 Å². The molecule has 1 saturated heterocycles. The molecule has 1 aliphatic heterocycles. The van der Waals surface area contributed by atoms with Gasteiger partial charge < -0.3 is 4.74 Å². The van der Waals surface area contributed by atoms with Gasteiger partial charge >= 0.3 is 0 Å². The van der Waals surface area contributed by atoms with Crippen molar-refractivity contribution in [1.29, 1.82) is 0 Å². The Labute approximate surface area is 123 Å². The smallest absolute Gasteiger partial charge is 0.245 e. The highest BCUT2D eigenvalue weighted by atomic mass is 32.2. The van der Waals surface area contributed by atoms with Gasteiger partial charge in [0.1, 0.15) is 15.9 Å². The predicted molar refractivity (Wildman–Crippen MR) is 77.3 cm³/mol. The Morgan fingerprint density at radius 2 is 2.19 bits per heavy atom. The van der Waals surface area contributed by atoms with Crippen LogP contribution in [0.5, 0.6) is 0 Å². The average Bonchev–Trinajstić information content (AvgIpc) is 2.87. The lowest BCUT2D eigenvalue weighted by atomic mass is 10.2. The lowest BCUT2D eigenvalue weighted by Gasteiger charge is -2.31. The Bertz CT molecular complexity index is 756. The summed E-state index contributed by atoms with van der Waals surface area (Å²) in [7, 11) is -1.90. The fourth-order valence-electron chi connectivity index (χ4n) is 2.52. The third-order valence-electron chi connectivity index (χ3n) is 3.65. The molecule has 8 heteroatoms. The molecule has 2 aromatic rings. The minimum absolute atomic E-state index is 0.0467. The van der Waals surface area contributed by atoms with E-state index in [1.807, 2.05) is 6.92 Å². The monoisotopic (exact) mass is 310 g/mol. The van der Waals surface area contributed by atoms with E-state index in [4.69, 9.17) is 4.74 Å². The first-order valence-electron chi connectivity index (χ1n) is 6.94. The Morgan fingerprint density at radius 3 is 2.95 bits per heavy atom. The highest BCUT2D eigenvalue weighted by molar-refractivity contribution is 7.89. The average molecular weight is 310 g/mol. The van der Waals surface area contributed by atoms with Crippen LogP contribution in [0.25, 0.3) is 11.0 Å². The normalized spacial score (nSPS) is 21.0. The van der Waals surface area contributed by atoms with Crippen molar-refractivity contribution >= 4 is 21.1 Å². The molecule has 0 N–H and O–H groups in total. The number of aromatic nitrogens is 3. The highest BCUT2D eigenvalue weighted by Crippen LogP contribution is 2.25. The maximum atomic E-state index is 12.9. The first kappa shape index (κ1) is 14.4. The molecule has 1 atom stereocenters. The molecule has 21 heavy (non-hydrogen) atoms. The van der Waals surface area contributed by atoms with Crippen molar-refractivity contribution in [3.63, 3.8) is 0 Å². The van der Waals surface area contributed by atoms with Gasteiger partial charge in [0.05, 0.1) is 12.7 Å². The van der Waals surface area contributed by atoms with Gasteiger partial charge in [0.15, 0.2) is 0 Å². The molecular weight excluding hydrogens is 292 g/mol. The van der Waals surface area contributed by atoms with Crippen LogP contribution < -0.4 is 0 Å². The Kier molecular flexibility index (Phi) is 3.68. The van der Waals surface area contributed by atoms with Crippen LogP contribution in [0.3, 0.4) is 0 Å². The third-order valence-corrected chi connectivity index (χ3v) is 5.55. The molecular formula is C13H18N4O3S. The second-order valence-electron chi connectivity index (χ2n) is 5.08. The molecule has 0 radical (unpaired) electrons. The first-order chi connectivity index (χ1) is 10.0. The van der Waals surface area contributed by atoms with Gasteiger partial charge in [-0.25, -0.2) is 8.42 Å². The van der Waals surface area contributed by atoms with E-state index in [9.17, 15) is 8.42 Å². The SMILES string of the molecule is CC[C@@H]1CN(S(=O)(=O)c2cccc3nn(C)nc23)CCO1. The van der Waals surface area contributed by atoms with Crippen molar-refractivity contribution in [1.82, 2.24) is 19.3 Å². The van der Waals surface area contributed by atoms with E-state index in [2.05, 4.69) is 10.2 Å². The van der Waals surface area contributed by atoms with E-state index in [1.54, 1.807) is 25.2 Å². The molecule has 0 saturated carbocycles. The number of sulfonamides is 1. The van der Waals surface area contributed by atoms with Gasteiger partial charge in [0, 0.05) is 20.1 Å². The minimum atomic E-state index is -3.58. The van der Waals surface area contributed by atoms with Crippen LogP contribution in [-0.2, 0) is 21.8 Å². The van der Waals surface area contributed by atoms with Crippen molar-refractivity contribution in [3.05, 3.63) is 18.2 Å². The zero-order valence-corrected chi connectivity index (χ0v) is 12.9. The number of hydrogen-bond donors (Lipinski definition) is 0. The van der Waals surface area contributed by atoms with E-state index in [-0.39, 0.29) is 11.0 Å².